The van der Waals surface area contributed by atoms with Crippen molar-refractivity contribution in [3.8, 4) is 17.2 Å². The summed E-state index contributed by atoms with van der Waals surface area (Å²) in [6.07, 6.45) is 0.111. The fraction of sp³-hybridized carbons (Fsp3) is 0.345. The van der Waals surface area contributed by atoms with E-state index in [1.54, 1.807) is 26.4 Å². The van der Waals surface area contributed by atoms with Crippen LogP contribution in [-0.2, 0) is 25.5 Å². The van der Waals surface area contributed by atoms with Crippen molar-refractivity contribution in [2.45, 2.75) is 23.5 Å². The molecule has 3 aromatic carbocycles. The molecule has 0 amide bonds. The summed E-state index contributed by atoms with van der Waals surface area (Å²) >= 11 is 3.50. The molecular formula is C29H29BrO7. The molecule has 37 heavy (non-hydrogen) atoms. The molecule has 5 rings (SSSR count). The maximum absolute atomic E-state index is 13.9. The first-order valence-corrected chi connectivity index (χ1v) is 12.9. The van der Waals surface area contributed by atoms with E-state index in [-0.39, 0.29) is 18.8 Å². The third-order valence-electron chi connectivity index (χ3n) is 7.07. The number of carbonyl (C=O) groups excluding carboxylic acids is 1. The Labute approximate surface area is 224 Å². The Kier molecular flexibility index (Phi) is 7.27. The molecule has 1 fully saturated rings. The molecule has 0 radical (unpaired) electrons. The van der Waals surface area contributed by atoms with E-state index in [9.17, 15) is 9.90 Å². The zero-order chi connectivity index (χ0) is 26.0. The van der Waals surface area contributed by atoms with Gasteiger partial charge in [-0.05, 0) is 23.3 Å². The molecule has 0 saturated heterocycles. The standard InChI is InChI=1S/C29H29BrO7/c1-33-12-14-35-22-16-24(36-15-13-34-2)27-25(17-22)37-29(20-8-10-21(30)11-9-20)23(18-26(31)28(27,29)32)19-6-4-3-5-7-19/h3-11,16-17,23,32H,12-15,18H2,1-2H3/t23-,28+,29-/m0/s1. The Morgan fingerprint density at radius 2 is 1.62 bits per heavy atom. The van der Waals surface area contributed by atoms with Crippen LogP contribution in [0.5, 0.6) is 17.2 Å². The Balaban J connectivity index is 1.71. The van der Waals surface area contributed by atoms with Crippen LogP contribution in [0.15, 0.2) is 71.2 Å². The molecule has 2 aliphatic rings. The largest absolute Gasteiger partial charge is 0.491 e. The SMILES string of the molecule is COCCOc1cc(OCCOC)c2c(c1)O[C@@]1(c3ccc(Br)cc3)[C@H](c3ccccc3)CC(=O)[C@@]21O. The molecule has 1 aliphatic carbocycles. The van der Waals surface area contributed by atoms with Crippen LogP contribution in [0, 0.1) is 0 Å². The second-order valence-corrected chi connectivity index (χ2v) is 10.0. The number of benzene rings is 3. The molecule has 1 heterocycles. The van der Waals surface area contributed by atoms with E-state index < -0.39 is 17.1 Å². The predicted octanol–water partition coefficient (Wildman–Crippen LogP) is 4.73. The van der Waals surface area contributed by atoms with Crippen LogP contribution < -0.4 is 14.2 Å². The number of Topliss-reactive ketones (excluding diaryl/α,β-unsaturated/α-hetero) is 1. The number of aliphatic hydroxyl groups is 1. The van der Waals surface area contributed by atoms with Crippen LogP contribution in [0.1, 0.15) is 29.0 Å². The first-order valence-electron chi connectivity index (χ1n) is 12.1. The van der Waals surface area contributed by atoms with Gasteiger partial charge < -0.3 is 28.8 Å². The van der Waals surface area contributed by atoms with E-state index in [2.05, 4.69) is 15.9 Å². The third kappa shape index (κ3) is 4.22. The highest BCUT2D eigenvalue weighted by Gasteiger charge is 2.74. The molecular weight excluding hydrogens is 540 g/mol. The summed E-state index contributed by atoms with van der Waals surface area (Å²) in [7, 11) is 3.18. The number of hydrogen-bond acceptors (Lipinski definition) is 7. The van der Waals surface area contributed by atoms with E-state index in [0.29, 0.717) is 48.2 Å². The van der Waals surface area contributed by atoms with Crippen molar-refractivity contribution in [2.24, 2.45) is 0 Å². The minimum Gasteiger partial charge on any atom is -0.491 e. The average Bonchev–Trinajstić information content (AvgIpc) is 3.30. The van der Waals surface area contributed by atoms with Crippen molar-refractivity contribution in [3.05, 3.63) is 87.9 Å². The summed E-state index contributed by atoms with van der Waals surface area (Å²) in [4.78, 5) is 13.9. The van der Waals surface area contributed by atoms with Crippen LogP contribution in [0.25, 0.3) is 0 Å². The summed E-state index contributed by atoms with van der Waals surface area (Å²) in [5.74, 6) is 0.394. The first-order chi connectivity index (χ1) is 18.0. The lowest BCUT2D eigenvalue weighted by atomic mass is 9.71. The molecule has 194 valence electrons. The molecule has 3 aromatic rings. The lowest BCUT2D eigenvalue weighted by molar-refractivity contribution is -0.151. The maximum atomic E-state index is 13.9. The van der Waals surface area contributed by atoms with Gasteiger partial charge in [-0.25, -0.2) is 0 Å². The maximum Gasteiger partial charge on any atom is 0.200 e. The highest BCUT2D eigenvalue weighted by molar-refractivity contribution is 9.10. The van der Waals surface area contributed by atoms with Gasteiger partial charge in [0.2, 0.25) is 0 Å². The van der Waals surface area contributed by atoms with Crippen molar-refractivity contribution in [2.75, 3.05) is 40.6 Å². The molecule has 0 aromatic heterocycles. The zero-order valence-electron chi connectivity index (χ0n) is 20.7. The van der Waals surface area contributed by atoms with Crippen LogP contribution >= 0.6 is 15.9 Å². The molecule has 0 spiro atoms. The topological polar surface area (TPSA) is 83.5 Å². The van der Waals surface area contributed by atoms with Crippen LogP contribution in [0.3, 0.4) is 0 Å². The van der Waals surface area contributed by atoms with Gasteiger partial charge in [0.25, 0.3) is 0 Å². The number of carbonyl (C=O) groups is 1. The molecule has 0 bridgehead atoms. The van der Waals surface area contributed by atoms with E-state index in [1.165, 1.54) is 0 Å². The quantitative estimate of drug-likeness (QED) is 0.354. The molecule has 3 atom stereocenters. The minimum absolute atomic E-state index is 0.111. The number of rotatable bonds is 10. The molecule has 7 nitrogen and oxygen atoms in total. The molecule has 1 N–H and O–H groups in total. The van der Waals surface area contributed by atoms with Gasteiger partial charge in [0.15, 0.2) is 17.0 Å². The summed E-state index contributed by atoms with van der Waals surface area (Å²) in [5, 5.41) is 12.5. The fourth-order valence-electron chi connectivity index (χ4n) is 5.46. The Morgan fingerprint density at radius 3 is 2.30 bits per heavy atom. The van der Waals surface area contributed by atoms with Crippen molar-refractivity contribution in [3.63, 3.8) is 0 Å². The second-order valence-electron chi connectivity index (χ2n) is 9.12. The molecule has 1 aliphatic heterocycles. The zero-order valence-corrected chi connectivity index (χ0v) is 22.3. The highest BCUT2D eigenvalue weighted by Crippen LogP contribution is 2.67. The second kappa shape index (κ2) is 10.5. The molecule has 8 heteroatoms. The van der Waals surface area contributed by atoms with E-state index in [1.807, 2.05) is 54.6 Å². The average molecular weight is 569 g/mol. The lowest BCUT2D eigenvalue weighted by Gasteiger charge is -2.39. The fourth-order valence-corrected chi connectivity index (χ4v) is 5.73. The van der Waals surface area contributed by atoms with Gasteiger partial charge in [-0.3, -0.25) is 4.79 Å². The van der Waals surface area contributed by atoms with Crippen LogP contribution in [-0.4, -0.2) is 51.5 Å². The summed E-state index contributed by atoms with van der Waals surface area (Å²) in [6, 6.07) is 20.6. The number of halogens is 1. The van der Waals surface area contributed by atoms with Crippen molar-refractivity contribution in [1.29, 1.82) is 0 Å². The van der Waals surface area contributed by atoms with E-state index >= 15 is 0 Å². The molecule has 1 saturated carbocycles. The van der Waals surface area contributed by atoms with Crippen LogP contribution in [0.4, 0.5) is 0 Å². The normalized spacial score (nSPS) is 23.9. The van der Waals surface area contributed by atoms with Gasteiger partial charge in [-0.15, -0.1) is 0 Å². The van der Waals surface area contributed by atoms with Crippen LogP contribution in [0.2, 0.25) is 0 Å². The smallest absolute Gasteiger partial charge is 0.200 e. The summed E-state index contributed by atoms with van der Waals surface area (Å²) in [6.45, 7) is 1.28. The monoisotopic (exact) mass is 568 g/mol. The third-order valence-corrected chi connectivity index (χ3v) is 7.60. The number of methoxy groups -OCH3 is 2. The Morgan fingerprint density at radius 1 is 0.946 bits per heavy atom. The first kappa shape index (κ1) is 25.7. The van der Waals surface area contributed by atoms with Crippen molar-refractivity contribution >= 4 is 21.7 Å². The summed E-state index contributed by atoms with van der Waals surface area (Å²) < 4.78 is 29.9. The van der Waals surface area contributed by atoms with Gasteiger partial charge in [0, 0.05) is 43.2 Å². The van der Waals surface area contributed by atoms with Gasteiger partial charge in [-0.1, -0.05) is 58.4 Å². The van der Waals surface area contributed by atoms with E-state index in [0.717, 1.165) is 10.0 Å². The van der Waals surface area contributed by atoms with E-state index in [4.69, 9.17) is 23.7 Å². The minimum atomic E-state index is -1.98. The van der Waals surface area contributed by atoms with Crippen molar-refractivity contribution < 1.29 is 33.6 Å². The Hall–Kier alpha value is -2.91. The highest BCUT2D eigenvalue weighted by atomic mass is 79.9. The number of ether oxygens (including phenoxy) is 5. The number of fused-ring (bicyclic) bond motifs is 3. The van der Waals surface area contributed by atoms with Gasteiger partial charge in [0.05, 0.1) is 18.8 Å². The lowest BCUT2D eigenvalue weighted by Crippen LogP contribution is -2.50. The molecule has 0 unspecified atom stereocenters. The number of hydrogen-bond donors (Lipinski definition) is 1. The van der Waals surface area contributed by atoms with Gasteiger partial charge in [0.1, 0.15) is 30.5 Å². The number of ketones is 1. The van der Waals surface area contributed by atoms with Crippen molar-refractivity contribution in [1.82, 2.24) is 0 Å². The predicted molar refractivity (Wildman–Crippen MR) is 140 cm³/mol. The Bertz CT molecular complexity index is 1260. The summed E-state index contributed by atoms with van der Waals surface area (Å²) in [5.41, 5.74) is -1.47. The van der Waals surface area contributed by atoms with Gasteiger partial charge in [-0.2, -0.15) is 0 Å². The van der Waals surface area contributed by atoms with Gasteiger partial charge >= 0.3 is 0 Å².